The third-order valence-electron chi connectivity index (χ3n) is 2.43. The van der Waals surface area contributed by atoms with Crippen LogP contribution >= 0.6 is 0 Å². The van der Waals surface area contributed by atoms with Crippen LogP contribution in [0.1, 0.15) is 18.4 Å². The third kappa shape index (κ3) is 6.41. The van der Waals surface area contributed by atoms with Crippen LogP contribution in [-0.2, 0) is 16.6 Å². The first kappa shape index (κ1) is 14.2. The fourth-order valence-corrected chi connectivity index (χ4v) is 2.57. The summed E-state index contributed by atoms with van der Waals surface area (Å²) in [4.78, 5) is 0. The highest BCUT2D eigenvalue weighted by molar-refractivity contribution is 7.89. The van der Waals surface area contributed by atoms with E-state index in [1.165, 1.54) is 0 Å². The molecular weight excluding hydrogens is 236 g/mol. The van der Waals surface area contributed by atoms with Gasteiger partial charge in [-0.3, -0.25) is 0 Å². The van der Waals surface area contributed by atoms with Gasteiger partial charge < -0.3 is 5.32 Å². The van der Waals surface area contributed by atoms with Gasteiger partial charge in [-0.25, -0.2) is 13.1 Å². The van der Waals surface area contributed by atoms with Crippen molar-refractivity contribution in [3.63, 3.8) is 0 Å². The van der Waals surface area contributed by atoms with E-state index in [1.54, 1.807) is 0 Å². The van der Waals surface area contributed by atoms with E-state index >= 15 is 0 Å². The van der Waals surface area contributed by atoms with Gasteiger partial charge in [0.15, 0.2) is 0 Å². The number of hydrogen-bond donors (Lipinski definition) is 2. The molecule has 0 atom stereocenters. The van der Waals surface area contributed by atoms with E-state index in [2.05, 4.69) is 10.0 Å². The van der Waals surface area contributed by atoms with Crippen molar-refractivity contribution in [2.45, 2.75) is 19.4 Å². The number of benzene rings is 1. The van der Waals surface area contributed by atoms with Gasteiger partial charge in [-0.15, -0.1) is 0 Å². The highest BCUT2D eigenvalue weighted by Crippen LogP contribution is 2.00. The molecule has 0 heterocycles. The molecule has 17 heavy (non-hydrogen) atoms. The van der Waals surface area contributed by atoms with Gasteiger partial charge in [0.2, 0.25) is 10.0 Å². The van der Waals surface area contributed by atoms with Gasteiger partial charge >= 0.3 is 0 Å². The Kier molecular flexibility index (Phi) is 6.18. The Labute approximate surface area is 103 Å². The van der Waals surface area contributed by atoms with Crippen molar-refractivity contribution in [2.75, 3.05) is 19.3 Å². The molecule has 0 saturated carbocycles. The van der Waals surface area contributed by atoms with Gasteiger partial charge in [0, 0.05) is 6.54 Å². The van der Waals surface area contributed by atoms with Crippen molar-refractivity contribution in [3.05, 3.63) is 35.9 Å². The lowest BCUT2D eigenvalue weighted by Crippen LogP contribution is -2.26. The van der Waals surface area contributed by atoms with Gasteiger partial charge in [0.1, 0.15) is 0 Å². The lowest BCUT2D eigenvalue weighted by atomic mass is 10.2. The number of sulfonamides is 1. The molecule has 1 aromatic carbocycles. The summed E-state index contributed by atoms with van der Waals surface area (Å²) in [6.45, 7) is 1.23. The summed E-state index contributed by atoms with van der Waals surface area (Å²) >= 11 is 0. The van der Waals surface area contributed by atoms with Crippen LogP contribution in [0.5, 0.6) is 0 Å². The fraction of sp³-hybridized carbons (Fsp3) is 0.500. The van der Waals surface area contributed by atoms with Crippen LogP contribution in [0.4, 0.5) is 0 Å². The van der Waals surface area contributed by atoms with Gasteiger partial charge in [-0.05, 0) is 32.0 Å². The number of rotatable bonds is 8. The Balaban J connectivity index is 2.30. The summed E-state index contributed by atoms with van der Waals surface area (Å²) in [6.07, 6.45) is 1.56. The first-order chi connectivity index (χ1) is 8.14. The van der Waals surface area contributed by atoms with Crippen LogP contribution in [0.2, 0.25) is 0 Å². The van der Waals surface area contributed by atoms with Crippen LogP contribution < -0.4 is 10.0 Å². The van der Waals surface area contributed by atoms with Gasteiger partial charge in [-0.2, -0.15) is 0 Å². The molecule has 0 radical (unpaired) electrons. The third-order valence-corrected chi connectivity index (χ3v) is 3.84. The average Bonchev–Trinajstić information content (AvgIpc) is 2.34. The summed E-state index contributed by atoms with van der Waals surface area (Å²) in [5.41, 5.74) is 0.978. The van der Waals surface area contributed by atoms with Gasteiger partial charge in [-0.1, -0.05) is 30.3 Å². The highest BCUT2D eigenvalue weighted by atomic mass is 32.2. The smallest absolute Gasteiger partial charge is 0.211 e. The molecule has 1 rings (SSSR count). The summed E-state index contributed by atoms with van der Waals surface area (Å²) in [7, 11) is -1.27. The average molecular weight is 256 g/mol. The van der Waals surface area contributed by atoms with Crippen molar-refractivity contribution in [3.8, 4) is 0 Å². The van der Waals surface area contributed by atoms with E-state index in [0.29, 0.717) is 13.0 Å². The molecule has 0 spiro atoms. The Morgan fingerprint density at radius 1 is 1.12 bits per heavy atom. The van der Waals surface area contributed by atoms with Crippen LogP contribution in [-0.4, -0.2) is 27.8 Å². The van der Waals surface area contributed by atoms with E-state index in [-0.39, 0.29) is 5.75 Å². The van der Waals surface area contributed by atoms with E-state index in [9.17, 15) is 8.42 Å². The van der Waals surface area contributed by atoms with Crippen LogP contribution in [0.15, 0.2) is 30.3 Å². The Hall–Kier alpha value is -0.910. The molecule has 4 nitrogen and oxygen atoms in total. The SMILES string of the molecule is CNCCCCS(=O)(=O)NCc1ccccc1. The fourth-order valence-electron chi connectivity index (χ4n) is 1.46. The normalized spacial score (nSPS) is 11.6. The minimum atomic E-state index is -3.14. The molecule has 0 aromatic heterocycles. The molecule has 5 heteroatoms. The predicted molar refractivity (Wildman–Crippen MR) is 70.2 cm³/mol. The molecule has 96 valence electrons. The second-order valence-corrected chi connectivity index (χ2v) is 5.86. The van der Waals surface area contributed by atoms with Crippen LogP contribution in [0.25, 0.3) is 0 Å². The molecule has 0 aliphatic rings. The predicted octanol–water partition coefficient (Wildman–Crippen LogP) is 1.11. The molecular formula is C12H20N2O2S. The van der Waals surface area contributed by atoms with Crippen LogP contribution in [0, 0.1) is 0 Å². The molecule has 0 unspecified atom stereocenters. The van der Waals surface area contributed by atoms with Crippen molar-refractivity contribution >= 4 is 10.0 Å². The summed E-state index contributed by atoms with van der Waals surface area (Å²) in [5.74, 6) is 0.196. The van der Waals surface area contributed by atoms with E-state index < -0.39 is 10.0 Å². The van der Waals surface area contributed by atoms with Crippen molar-refractivity contribution in [1.82, 2.24) is 10.0 Å². The van der Waals surface area contributed by atoms with E-state index in [4.69, 9.17) is 0 Å². The summed E-state index contributed by atoms with van der Waals surface area (Å²) < 4.78 is 25.9. The van der Waals surface area contributed by atoms with Gasteiger partial charge in [0.05, 0.1) is 5.75 Å². The molecule has 0 aliphatic heterocycles. The number of nitrogens with one attached hydrogen (secondary N) is 2. The minimum absolute atomic E-state index is 0.196. The Morgan fingerprint density at radius 2 is 1.82 bits per heavy atom. The Morgan fingerprint density at radius 3 is 2.47 bits per heavy atom. The standard InChI is InChI=1S/C12H20N2O2S/c1-13-9-5-6-10-17(15,16)14-11-12-7-3-2-4-8-12/h2-4,7-8,13-14H,5-6,9-11H2,1H3. The molecule has 0 amide bonds. The summed E-state index contributed by atoms with van der Waals surface area (Å²) in [5, 5.41) is 3.00. The summed E-state index contributed by atoms with van der Waals surface area (Å²) in [6, 6.07) is 9.52. The lowest BCUT2D eigenvalue weighted by Gasteiger charge is -2.06. The van der Waals surface area contributed by atoms with Crippen molar-refractivity contribution in [2.24, 2.45) is 0 Å². The quantitative estimate of drug-likeness (QED) is 0.685. The molecule has 0 bridgehead atoms. The zero-order chi connectivity index (χ0) is 12.6. The first-order valence-electron chi connectivity index (χ1n) is 5.80. The highest BCUT2D eigenvalue weighted by Gasteiger charge is 2.08. The van der Waals surface area contributed by atoms with Gasteiger partial charge in [0.25, 0.3) is 0 Å². The molecule has 0 fully saturated rings. The maximum atomic E-state index is 11.6. The second-order valence-electron chi connectivity index (χ2n) is 3.94. The number of hydrogen-bond acceptors (Lipinski definition) is 3. The van der Waals surface area contributed by atoms with Crippen molar-refractivity contribution in [1.29, 1.82) is 0 Å². The van der Waals surface area contributed by atoms with E-state index in [0.717, 1.165) is 18.5 Å². The first-order valence-corrected chi connectivity index (χ1v) is 7.45. The van der Waals surface area contributed by atoms with Crippen LogP contribution in [0.3, 0.4) is 0 Å². The second kappa shape index (κ2) is 7.42. The molecule has 1 aromatic rings. The zero-order valence-corrected chi connectivity index (χ0v) is 11.0. The number of unbranched alkanes of at least 4 members (excludes halogenated alkanes) is 1. The topological polar surface area (TPSA) is 58.2 Å². The minimum Gasteiger partial charge on any atom is -0.320 e. The maximum Gasteiger partial charge on any atom is 0.211 e. The monoisotopic (exact) mass is 256 g/mol. The largest absolute Gasteiger partial charge is 0.320 e. The maximum absolute atomic E-state index is 11.6. The van der Waals surface area contributed by atoms with Crippen molar-refractivity contribution < 1.29 is 8.42 Å². The molecule has 2 N–H and O–H groups in total. The Bertz CT molecular complexity index is 404. The van der Waals surface area contributed by atoms with E-state index in [1.807, 2.05) is 37.4 Å². The molecule has 0 saturated heterocycles. The lowest BCUT2D eigenvalue weighted by molar-refractivity contribution is 0.575. The molecule has 0 aliphatic carbocycles. The zero-order valence-electron chi connectivity index (χ0n) is 10.1.